The third-order valence-corrected chi connectivity index (χ3v) is 5.03. The molecule has 8 nitrogen and oxygen atoms in total. The van der Waals surface area contributed by atoms with Gasteiger partial charge in [-0.3, -0.25) is 4.55 Å². The number of halogens is 2. The minimum Gasteiger partial charge on any atom is -0.342 e. The van der Waals surface area contributed by atoms with Crippen LogP contribution in [0.25, 0.3) is 0 Å². The molecule has 1 aromatic heterocycles. The fourth-order valence-corrected chi connectivity index (χ4v) is 3.74. The van der Waals surface area contributed by atoms with Crippen LogP contribution in [0.1, 0.15) is 12.0 Å². The zero-order chi connectivity index (χ0) is 18.1. The summed E-state index contributed by atoms with van der Waals surface area (Å²) in [4.78, 5) is 3.89. The molecule has 1 aliphatic heterocycles. The third kappa shape index (κ3) is 4.49. The molecule has 0 saturated carbocycles. The minimum atomic E-state index is -4.08. The molecule has 0 bridgehead atoms. The van der Waals surface area contributed by atoms with Crippen molar-refractivity contribution >= 4 is 33.3 Å². The van der Waals surface area contributed by atoms with Gasteiger partial charge < -0.3 is 9.47 Å². The Hall–Kier alpha value is -1.23. The molecule has 2 aromatic rings. The molecule has 3 rings (SSSR count). The second kappa shape index (κ2) is 7.18. The predicted octanol–water partition coefficient (Wildman–Crippen LogP) is 2.13. The normalized spacial score (nSPS) is 23.9. The molecule has 1 aliphatic rings. The van der Waals surface area contributed by atoms with Gasteiger partial charge in [0.25, 0.3) is 10.1 Å². The van der Waals surface area contributed by atoms with Gasteiger partial charge in [0.05, 0.1) is 23.5 Å². The summed E-state index contributed by atoms with van der Waals surface area (Å²) < 4.78 is 44.3. The number of hydrogen-bond donors (Lipinski definition) is 1. The van der Waals surface area contributed by atoms with Crippen LogP contribution in [0.5, 0.6) is 0 Å². The van der Waals surface area contributed by atoms with Gasteiger partial charge in [-0.15, -0.1) is 0 Å². The minimum absolute atomic E-state index is 0.0865. The lowest BCUT2D eigenvalue weighted by atomic mass is 10.1. The molecule has 136 valence electrons. The topological polar surface area (TPSA) is 104 Å². The van der Waals surface area contributed by atoms with E-state index in [1.807, 2.05) is 0 Å². The number of rotatable bonds is 6. The van der Waals surface area contributed by atoms with Gasteiger partial charge in [-0.2, -0.15) is 13.5 Å². The van der Waals surface area contributed by atoms with E-state index in [-0.39, 0.29) is 19.6 Å². The van der Waals surface area contributed by atoms with E-state index in [0.717, 1.165) is 0 Å². The third-order valence-electron chi connectivity index (χ3n) is 3.74. The maximum Gasteiger partial charge on any atom is 0.264 e. The Morgan fingerprint density at radius 2 is 2.20 bits per heavy atom. The molecule has 2 atom stereocenters. The maximum absolute atomic E-state index is 11.0. The largest absolute Gasteiger partial charge is 0.342 e. The second-order valence-corrected chi connectivity index (χ2v) is 8.01. The molecule has 1 fully saturated rings. The van der Waals surface area contributed by atoms with E-state index in [1.165, 1.54) is 17.3 Å². The van der Waals surface area contributed by atoms with Gasteiger partial charge in [0, 0.05) is 10.6 Å². The molecule has 1 aromatic carbocycles. The van der Waals surface area contributed by atoms with Crippen LogP contribution in [-0.2, 0) is 31.9 Å². The molecule has 0 unspecified atom stereocenters. The molecule has 0 aliphatic carbocycles. The first-order chi connectivity index (χ1) is 11.8. The number of aromatic nitrogens is 3. The molecule has 0 radical (unpaired) electrons. The standard InChI is InChI=1S/C14H15Cl2N3O5S/c15-10-1-2-12(13(16)5-10)14(7-19-9-17-8-18-19)23-6-11(24-14)3-4-25(20,21)22/h1-2,5,8-9,11H,3-4,6-7H2,(H,20,21,22)/t11-,14-/m1/s1. The van der Waals surface area contributed by atoms with Gasteiger partial charge in [0.1, 0.15) is 19.2 Å². The Bertz CT molecular complexity index is 846. The summed E-state index contributed by atoms with van der Waals surface area (Å²) in [7, 11) is -4.08. The van der Waals surface area contributed by atoms with Gasteiger partial charge in [-0.1, -0.05) is 29.3 Å². The van der Waals surface area contributed by atoms with Crippen LogP contribution >= 0.6 is 23.2 Å². The van der Waals surface area contributed by atoms with Crippen LogP contribution in [0.15, 0.2) is 30.9 Å². The first kappa shape index (κ1) is 18.6. The SMILES string of the molecule is O=S(=O)(O)CC[C@@H]1CO[C@@](Cn2cncn2)(c2ccc(Cl)cc2Cl)O1. The summed E-state index contributed by atoms with van der Waals surface area (Å²) in [6, 6.07) is 4.91. The van der Waals surface area contributed by atoms with Crippen LogP contribution < -0.4 is 0 Å². The van der Waals surface area contributed by atoms with Gasteiger partial charge >= 0.3 is 0 Å². The highest BCUT2D eigenvalue weighted by Gasteiger charge is 2.45. The van der Waals surface area contributed by atoms with E-state index >= 15 is 0 Å². The van der Waals surface area contributed by atoms with Gasteiger partial charge in [-0.05, 0) is 18.6 Å². The summed E-state index contributed by atoms with van der Waals surface area (Å²) in [6.07, 6.45) is 2.44. The molecule has 25 heavy (non-hydrogen) atoms. The zero-order valence-electron chi connectivity index (χ0n) is 12.9. The van der Waals surface area contributed by atoms with E-state index < -0.39 is 27.8 Å². The zero-order valence-corrected chi connectivity index (χ0v) is 15.2. The molecular weight excluding hydrogens is 393 g/mol. The molecule has 1 N–H and O–H groups in total. The Morgan fingerprint density at radius 1 is 1.40 bits per heavy atom. The number of ether oxygens (including phenoxy) is 2. The Morgan fingerprint density at radius 3 is 2.84 bits per heavy atom. The van der Waals surface area contributed by atoms with Crippen molar-refractivity contribution in [3.8, 4) is 0 Å². The first-order valence-corrected chi connectivity index (χ1v) is 9.69. The molecule has 0 amide bonds. The van der Waals surface area contributed by atoms with Gasteiger partial charge in [0.2, 0.25) is 5.79 Å². The summed E-state index contributed by atoms with van der Waals surface area (Å²) >= 11 is 12.3. The van der Waals surface area contributed by atoms with Crippen molar-refractivity contribution < 1.29 is 22.4 Å². The fourth-order valence-electron chi connectivity index (χ4n) is 2.62. The lowest BCUT2D eigenvalue weighted by Crippen LogP contribution is -2.34. The van der Waals surface area contributed by atoms with E-state index in [9.17, 15) is 8.42 Å². The Kier molecular flexibility index (Phi) is 5.33. The van der Waals surface area contributed by atoms with E-state index in [0.29, 0.717) is 15.6 Å². The van der Waals surface area contributed by atoms with E-state index in [4.69, 9.17) is 37.2 Å². The number of nitrogens with zero attached hydrogens (tertiary/aromatic N) is 3. The smallest absolute Gasteiger partial charge is 0.264 e. The van der Waals surface area contributed by atoms with Gasteiger partial charge in [0.15, 0.2) is 0 Å². The highest BCUT2D eigenvalue weighted by molar-refractivity contribution is 7.85. The molecule has 1 saturated heterocycles. The monoisotopic (exact) mass is 407 g/mol. The first-order valence-electron chi connectivity index (χ1n) is 7.32. The summed E-state index contributed by atoms with van der Waals surface area (Å²) in [5, 5.41) is 4.86. The van der Waals surface area contributed by atoms with Crippen LogP contribution in [0, 0.1) is 0 Å². The van der Waals surface area contributed by atoms with Crippen LogP contribution in [0.3, 0.4) is 0 Å². The Balaban J connectivity index is 1.88. The average Bonchev–Trinajstić information content (AvgIpc) is 3.15. The predicted molar refractivity (Wildman–Crippen MR) is 90.0 cm³/mol. The molecule has 0 spiro atoms. The van der Waals surface area contributed by atoms with Gasteiger partial charge in [-0.25, -0.2) is 9.67 Å². The highest BCUT2D eigenvalue weighted by Crippen LogP contribution is 2.40. The van der Waals surface area contributed by atoms with Crippen molar-refractivity contribution in [3.63, 3.8) is 0 Å². The lowest BCUT2D eigenvalue weighted by Gasteiger charge is -2.29. The maximum atomic E-state index is 11.0. The van der Waals surface area contributed by atoms with E-state index in [2.05, 4.69) is 10.1 Å². The van der Waals surface area contributed by atoms with Crippen LogP contribution in [0.4, 0.5) is 0 Å². The average molecular weight is 408 g/mol. The quantitative estimate of drug-likeness (QED) is 0.731. The van der Waals surface area contributed by atoms with Crippen molar-refractivity contribution in [3.05, 3.63) is 46.5 Å². The lowest BCUT2D eigenvalue weighted by molar-refractivity contribution is -0.188. The van der Waals surface area contributed by atoms with Crippen molar-refractivity contribution in [1.29, 1.82) is 0 Å². The summed E-state index contributed by atoms with van der Waals surface area (Å²) in [5.41, 5.74) is 0.545. The van der Waals surface area contributed by atoms with Crippen LogP contribution in [0.2, 0.25) is 10.0 Å². The van der Waals surface area contributed by atoms with Crippen molar-refractivity contribution in [2.75, 3.05) is 12.4 Å². The molecular formula is C14H15Cl2N3O5S. The Labute approximate surface area is 154 Å². The van der Waals surface area contributed by atoms with Crippen molar-refractivity contribution in [1.82, 2.24) is 14.8 Å². The number of benzene rings is 1. The van der Waals surface area contributed by atoms with Crippen molar-refractivity contribution in [2.24, 2.45) is 0 Å². The second-order valence-electron chi connectivity index (χ2n) is 5.60. The number of hydrogen-bond acceptors (Lipinski definition) is 6. The summed E-state index contributed by atoms with van der Waals surface area (Å²) in [6.45, 7) is 0.305. The fraction of sp³-hybridized carbons (Fsp3) is 0.429. The van der Waals surface area contributed by atoms with Crippen LogP contribution in [-0.4, -0.2) is 46.2 Å². The van der Waals surface area contributed by atoms with Crippen molar-refractivity contribution in [2.45, 2.75) is 24.9 Å². The summed E-state index contributed by atoms with van der Waals surface area (Å²) in [5.74, 6) is -1.69. The molecule has 2 heterocycles. The highest BCUT2D eigenvalue weighted by atomic mass is 35.5. The van der Waals surface area contributed by atoms with E-state index in [1.54, 1.807) is 18.2 Å². The molecule has 11 heteroatoms.